The van der Waals surface area contributed by atoms with Crippen LogP contribution in [0.25, 0.3) is 10.8 Å². The van der Waals surface area contributed by atoms with E-state index >= 15 is 0 Å². The SMILES string of the molecule is CC(C)Oc1cccc(CNC(=O)C(C)Oc2cccc3ccccc23)c1. The summed E-state index contributed by atoms with van der Waals surface area (Å²) < 4.78 is 11.6. The van der Waals surface area contributed by atoms with Gasteiger partial charge in [0.2, 0.25) is 0 Å². The fraction of sp³-hybridized carbons (Fsp3) is 0.261. The van der Waals surface area contributed by atoms with Crippen LogP contribution < -0.4 is 14.8 Å². The minimum absolute atomic E-state index is 0.115. The van der Waals surface area contributed by atoms with Crippen molar-refractivity contribution in [3.8, 4) is 11.5 Å². The summed E-state index contributed by atoms with van der Waals surface area (Å²) in [6.45, 7) is 6.16. The molecule has 1 unspecified atom stereocenters. The van der Waals surface area contributed by atoms with E-state index in [0.717, 1.165) is 22.1 Å². The van der Waals surface area contributed by atoms with Crippen molar-refractivity contribution in [1.29, 1.82) is 0 Å². The van der Waals surface area contributed by atoms with Gasteiger partial charge in [0.25, 0.3) is 5.91 Å². The van der Waals surface area contributed by atoms with Gasteiger partial charge in [0.05, 0.1) is 6.10 Å². The zero-order valence-corrected chi connectivity index (χ0v) is 15.9. The molecule has 0 saturated carbocycles. The molecule has 4 nitrogen and oxygen atoms in total. The lowest BCUT2D eigenvalue weighted by molar-refractivity contribution is -0.127. The Morgan fingerprint density at radius 2 is 1.67 bits per heavy atom. The van der Waals surface area contributed by atoms with Crippen LogP contribution in [0.5, 0.6) is 11.5 Å². The van der Waals surface area contributed by atoms with Gasteiger partial charge in [-0.2, -0.15) is 0 Å². The number of hydrogen-bond acceptors (Lipinski definition) is 3. The molecule has 1 amide bonds. The summed E-state index contributed by atoms with van der Waals surface area (Å²) in [4.78, 5) is 12.5. The number of ether oxygens (including phenoxy) is 2. The van der Waals surface area contributed by atoms with Gasteiger partial charge in [-0.05, 0) is 49.9 Å². The summed E-state index contributed by atoms with van der Waals surface area (Å²) in [6.07, 6.45) is -0.477. The minimum Gasteiger partial charge on any atom is -0.491 e. The Morgan fingerprint density at radius 1 is 0.926 bits per heavy atom. The van der Waals surface area contributed by atoms with E-state index in [-0.39, 0.29) is 12.0 Å². The first-order valence-electron chi connectivity index (χ1n) is 9.20. The lowest BCUT2D eigenvalue weighted by Gasteiger charge is -2.16. The zero-order valence-electron chi connectivity index (χ0n) is 15.9. The maximum atomic E-state index is 12.5. The van der Waals surface area contributed by atoms with Crippen LogP contribution >= 0.6 is 0 Å². The molecule has 3 rings (SSSR count). The zero-order chi connectivity index (χ0) is 19.2. The highest BCUT2D eigenvalue weighted by atomic mass is 16.5. The third-order valence-corrected chi connectivity index (χ3v) is 4.16. The Morgan fingerprint density at radius 3 is 2.48 bits per heavy atom. The van der Waals surface area contributed by atoms with Crippen LogP contribution in [-0.2, 0) is 11.3 Å². The Labute approximate surface area is 160 Å². The molecule has 0 aliphatic carbocycles. The molecule has 0 fully saturated rings. The van der Waals surface area contributed by atoms with Crippen molar-refractivity contribution in [1.82, 2.24) is 5.32 Å². The molecule has 3 aromatic carbocycles. The summed E-state index contributed by atoms with van der Waals surface area (Å²) in [5.74, 6) is 1.36. The van der Waals surface area contributed by atoms with E-state index in [2.05, 4.69) is 5.32 Å². The Kier molecular flexibility index (Phi) is 5.97. The molecule has 0 aliphatic rings. The predicted molar refractivity (Wildman–Crippen MR) is 108 cm³/mol. The van der Waals surface area contributed by atoms with E-state index in [0.29, 0.717) is 12.3 Å². The molecule has 0 spiro atoms. The Balaban J connectivity index is 1.61. The maximum Gasteiger partial charge on any atom is 0.261 e. The number of fused-ring (bicyclic) bond motifs is 1. The topological polar surface area (TPSA) is 47.6 Å². The number of benzene rings is 3. The summed E-state index contributed by atoms with van der Waals surface area (Å²) in [6, 6.07) is 21.6. The van der Waals surface area contributed by atoms with Gasteiger partial charge >= 0.3 is 0 Å². The average molecular weight is 363 g/mol. The first-order chi connectivity index (χ1) is 13.0. The summed E-state index contributed by atoms with van der Waals surface area (Å²) in [5.41, 5.74) is 0.985. The molecule has 0 saturated heterocycles. The highest BCUT2D eigenvalue weighted by Crippen LogP contribution is 2.26. The number of hydrogen-bond donors (Lipinski definition) is 1. The van der Waals surface area contributed by atoms with E-state index < -0.39 is 6.10 Å². The van der Waals surface area contributed by atoms with Gasteiger partial charge in [-0.25, -0.2) is 0 Å². The second kappa shape index (κ2) is 8.58. The smallest absolute Gasteiger partial charge is 0.261 e. The van der Waals surface area contributed by atoms with Gasteiger partial charge < -0.3 is 14.8 Å². The fourth-order valence-corrected chi connectivity index (χ4v) is 2.88. The van der Waals surface area contributed by atoms with Gasteiger partial charge in [0, 0.05) is 11.9 Å². The molecule has 0 radical (unpaired) electrons. The van der Waals surface area contributed by atoms with Crippen LogP contribution in [0.15, 0.2) is 66.7 Å². The third-order valence-electron chi connectivity index (χ3n) is 4.16. The van der Waals surface area contributed by atoms with Crippen molar-refractivity contribution in [3.63, 3.8) is 0 Å². The summed E-state index contributed by atoms with van der Waals surface area (Å²) >= 11 is 0. The molecular weight excluding hydrogens is 338 g/mol. The number of carbonyl (C=O) groups is 1. The van der Waals surface area contributed by atoms with Crippen molar-refractivity contribution < 1.29 is 14.3 Å². The molecule has 0 heterocycles. The normalized spacial score (nSPS) is 12.0. The van der Waals surface area contributed by atoms with Gasteiger partial charge in [-0.3, -0.25) is 4.79 Å². The molecule has 140 valence electrons. The summed E-state index contributed by atoms with van der Waals surface area (Å²) in [7, 11) is 0. The second-order valence-corrected chi connectivity index (χ2v) is 6.77. The molecule has 0 bridgehead atoms. The molecule has 1 atom stereocenters. The van der Waals surface area contributed by atoms with Crippen molar-refractivity contribution in [2.45, 2.75) is 39.5 Å². The van der Waals surface area contributed by atoms with E-state index in [1.807, 2.05) is 80.6 Å². The lowest BCUT2D eigenvalue weighted by Crippen LogP contribution is -2.35. The fourth-order valence-electron chi connectivity index (χ4n) is 2.88. The van der Waals surface area contributed by atoms with Crippen molar-refractivity contribution >= 4 is 16.7 Å². The van der Waals surface area contributed by atoms with Crippen LogP contribution in [0.2, 0.25) is 0 Å². The van der Waals surface area contributed by atoms with Crippen molar-refractivity contribution in [2.24, 2.45) is 0 Å². The highest BCUT2D eigenvalue weighted by molar-refractivity contribution is 5.89. The van der Waals surface area contributed by atoms with E-state index in [1.165, 1.54) is 0 Å². The molecule has 27 heavy (non-hydrogen) atoms. The second-order valence-electron chi connectivity index (χ2n) is 6.77. The first kappa shape index (κ1) is 18.8. The number of carbonyl (C=O) groups excluding carboxylic acids is 1. The van der Waals surface area contributed by atoms with Crippen molar-refractivity contribution in [2.75, 3.05) is 0 Å². The monoisotopic (exact) mass is 363 g/mol. The maximum absolute atomic E-state index is 12.5. The van der Waals surface area contributed by atoms with Crippen LogP contribution in [0.1, 0.15) is 26.3 Å². The standard InChI is InChI=1S/C23H25NO3/c1-16(2)26-20-11-6-8-18(14-20)15-24-23(25)17(3)27-22-13-7-10-19-9-4-5-12-21(19)22/h4-14,16-17H,15H2,1-3H3,(H,24,25). The van der Waals surface area contributed by atoms with Gasteiger partial charge in [-0.1, -0.05) is 48.5 Å². The van der Waals surface area contributed by atoms with Gasteiger partial charge in [0.1, 0.15) is 11.5 Å². The van der Waals surface area contributed by atoms with Crippen LogP contribution in [0, 0.1) is 0 Å². The molecule has 4 heteroatoms. The molecule has 0 aromatic heterocycles. The van der Waals surface area contributed by atoms with E-state index in [1.54, 1.807) is 6.92 Å². The van der Waals surface area contributed by atoms with Gasteiger partial charge in [-0.15, -0.1) is 0 Å². The quantitative estimate of drug-likeness (QED) is 0.661. The number of rotatable bonds is 7. The van der Waals surface area contributed by atoms with Crippen LogP contribution in [0.4, 0.5) is 0 Å². The molecule has 1 N–H and O–H groups in total. The highest BCUT2D eigenvalue weighted by Gasteiger charge is 2.15. The van der Waals surface area contributed by atoms with Crippen LogP contribution in [-0.4, -0.2) is 18.1 Å². The number of amides is 1. The Bertz CT molecular complexity index is 915. The van der Waals surface area contributed by atoms with Crippen molar-refractivity contribution in [3.05, 3.63) is 72.3 Å². The predicted octanol–water partition coefficient (Wildman–Crippen LogP) is 4.71. The average Bonchev–Trinajstić information content (AvgIpc) is 2.66. The minimum atomic E-state index is -0.592. The molecule has 3 aromatic rings. The third kappa shape index (κ3) is 5.00. The lowest BCUT2D eigenvalue weighted by atomic mass is 10.1. The largest absolute Gasteiger partial charge is 0.491 e. The molecular formula is C23H25NO3. The van der Waals surface area contributed by atoms with E-state index in [9.17, 15) is 4.79 Å². The molecule has 0 aliphatic heterocycles. The first-order valence-corrected chi connectivity index (χ1v) is 9.20. The van der Waals surface area contributed by atoms with Crippen LogP contribution in [0.3, 0.4) is 0 Å². The van der Waals surface area contributed by atoms with E-state index in [4.69, 9.17) is 9.47 Å². The van der Waals surface area contributed by atoms with Gasteiger partial charge in [0.15, 0.2) is 6.10 Å². The number of nitrogens with one attached hydrogen (secondary N) is 1. The summed E-state index contributed by atoms with van der Waals surface area (Å²) in [5, 5.41) is 5.01. The Hall–Kier alpha value is -3.01.